The first kappa shape index (κ1) is 13.3. The third-order valence-corrected chi connectivity index (χ3v) is 3.18. The number of amides is 1. The molecule has 0 aliphatic carbocycles. The van der Waals surface area contributed by atoms with Crippen LogP contribution in [0.2, 0.25) is 0 Å². The molecule has 1 atom stereocenters. The molecular formula is C16H18N2O. The van der Waals surface area contributed by atoms with Gasteiger partial charge in [-0.05, 0) is 50.1 Å². The average Bonchev–Trinajstić information content (AvgIpc) is 2.39. The number of aryl methyl sites for hydroxylation is 2. The van der Waals surface area contributed by atoms with E-state index in [0.29, 0.717) is 0 Å². The Morgan fingerprint density at radius 1 is 1.16 bits per heavy atom. The van der Waals surface area contributed by atoms with Gasteiger partial charge in [0.2, 0.25) is 0 Å². The molecule has 0 spiro atoms. The fraction of sp³-hybridized carbons (Fsp3) is 0.250. The van der Waals surface area contributed by atoms with Crippen LogP contribution in [0, 0.1) is 13.8 Å². The van der Waals surface area contributed by atoms with Gasteiger partial charge in [0.1, 0.15) is 0 Å². The zero-order chi connectivity index (χ0) is 13.8. The summed E-state index contributed by atoms with van der Waals surface area (Å²) in [4.78, 5) is 16.2. The van der Waals surface area contributed by atoms with Gasteiger partial charge in [0.25, 0.3) is 5.91 Å². The lowest BCUT2D eigenvalue weighted by Crippen LogP contribution is -2.27. The van der Waals surface area contributed by atoms with Crippen LogP contribution in [0.4, 0.5) is 0 Å². The number of nitrogens with one attached hydrogen (secondary N) is 1. The molecule has 3 heteroatoms. The topological polar surface area (TPSA) is 42.0 Å². The van der Waals surface area contributed by atoms with Crippen molar-refractivity contribution in [2.75, 3.05) is 0 Å². The van der Waals surface area contributed by atoms with Crippen LogP contribution in [0.15, 0.2) is 42.7 Å². The van der Waals surface area contributed by atoms with Crippen LogP contribution in [0.1, 0.15) is 40.0 Å². The molecule has 0 saturated carbocycles. The van der Waals surface area contributed by atoms with Crippen molar-refractivity contribution < 1.29 is 4.79 Å². The highest BCUT2D eigenvalue weighted by Crippen LogP contribution is 2.14. The van der Waals surface area contributed by atoms with E-state index in [1.165, 1.54) is 0 Å². The number of hydrogen-bond acceptors (Lipinski definition) is 2. The van der Waals surface area contributed by atoms with Gasteiger partial charge in [-0.25, -0.2) is 0 Å². The minimum absolute atomic E-state index is 0.0313. The van der Waals surface area contributed by atoms with Gasteiger partial charge in [0, 0.05) is 18.0 Å². The minimum atomic E-state index is -0.0400. The highest BCUT2D eigenvalue weighted by atomic mass is 16.1. The van der Waals surface area contributed by atoms with Gasteiger partial charge < -0.3 is 5.32 Å². The van der Waals surface area contributed by atoms with Gasteiger partial charge in [-0.3, -0.25) is 9.78 Å². The fourth-order valence-electron chi connectivity index (χ4n) is 2.08. The monoisotopic (exact) mass is 254 g/mol. The van der Waals surface area contributed by atoms with E-state index in [0.717, 1.165) is 22.3 Å². The van der Waals surface area contributed by atoms with Crippen molar-refractivity contribution in [1.29, 1.82) is 0 Å². The molecule has 0 radical (unpaired) electrons. The second-order valence-electron chi connectivity index (χ2n) is 4.79. The van der Waals surface area contributed by atoms with Gasteiger partial charge in [-0.2, -0.15) is 0 Å². The predicted octanol–water partition coefficient (Wildman–Crippen LogP) is 3.19. The molecule has 3 nitrogen and oxygen atoms in total. The molecule has 2 rings (SSSR count). The first-order chi connectivity index (χ1) is 9.08. The highest BCUT2D eigenvalue weighted by Gasteiger charge is 2.13. The second-order valence-corrected chi connectivity index (χ2v) is 4.79. The predicted molar refractivity (Wildman–Crippen MR) is 76.0 cm³/mol. The van der Waals surface area contributed by atoms with E-state index in [4.69, 9.17) is 0 Å². The Morgan fingerprint density at radius 3 is 2.47 bits per heavy atom. The van der Waals surface area contributed by atoms with E-state index >= 15 is 0 Å². The van der Waals surface area contributed by atoms with E-state index < -0.39 is 0 Å². The lowest BCUT2D eigenvalue weighted by atomic mass is 10.0. The van der Waals surface area contributed by atoms with E-state index in [9.17, 15) is 4.79 Å². The first-order valence-corrected chi connectivity index (χ1v) is 6.36. The fourth-order valence-corrected chi connectivity index (χ4v) is 2.08. The summed E-state index contributed by atoms with van der Waals surface area (Å²) in [5.41, 5.74) is 3.94. The molecule has 1 amide bonds. The van der Waals surface area contributed by atoms with Crippen molar-refractivity contribution >= 4 is 5.91 Å². The molecule has 1 N–H and O–H groups in total. The maximum atomic E-state index is 12.2. The zero-order valence-corrected chi connectivity index (χ0v) is 11.5. The van der Waals surface area contributed by atoms with Crippen LogP contribution >= 0.6 is 0 Å². The van der Waals surface area contributed by atoms with Crippen LogP contribution in [0.5, 0.6) is 0 Å². The van der Waals surface area contributed by atoms with Gasteiger partial charge in [0.05, 0.1) is 6.04 Å². The Hall–Kier alpha value is -2.16. The van der Waals surface area contributed by atoms with Crippen LogP contribution in [-0.4, -0.2) is 10.9 Å². The molecule has 0 aliphatic rings. The van der Waals surface area contributed by atoms with E-state index in [-0.39, 0.29) is 11.9 Å². The van der Waals surface area contributed by atoms with Gasteiger partial charge in [0.15, 0.2) is 0 Å². The Bertz CT molecular complexity index is 579. The number of pyridine rings is 1. The normalized spacial score (nSPS) is 11.9. The number of aromatic nitrogens is 1. The third-order valence-electron chi connectivity index (χ3n) is 3.18. The number of benzene rings is 1. The molecule has 98 valence electrons. The number of hydrogen-bond donors (Lipinski definition) is 1. The quantitative estimate of drug-likeness (QED) is 0.914. The molecule has 0 bridgehead atoms. The van der Waals surface area contributed by atoms with Crippen LogP contribution in [0.3, 0.4) is 0 Å². The third kappa shape index (κ3) is 3.19. The average molecular weight is 254 g/mol. The summed E-state index contributed by atoms with van der Waals surface area (Å²) >= 11 is 0. The van der Waals surface area contributed by atoms with Crippen LogP contribution < -0.4 is 5.32 Å². The van der Waals surface area contributed by atoms with Crippen molar-refractivity contribution in [1.82, 2.24) is 10.3 Å². The SMILES string of the molecule is Cc1ccc(C(=O)NC(C)c2ccncc2)c(C)c1. The van der Waals surface area contributed by atoms with Crippen molar-refractivity contribution in [2.45, 2.75) is 26.8 Å². The summed E-state index contributed by atoms with van der Waals surface area (Å²) in [5.74, 6) is -0.0400. The lowest BCUT2D eigenvalue weighted by molar-refractivity contribution is 0.0939. The van der Waals surface area contributed by atoms with Crippen molar-refractivity contribution in [2.24, 2.45) is 0 Å². The molecule has 0 saturated heterocycles. The molecule has 1 aromatic carbocycles. The molecule has 1 aromatic heterocycles. The Labute approximate surface area is 113 Å². The standard InChI is InChI=1S/C16H18N2O/c1-11-4-5-15(12(2)10-11)16(19)18-13(3)14-6-8-17-9-7-14/h4-10,13H,1-3H3,(H,18,19). The van der Waals surface area contributed by atoms with Gasteiger partial charge in [-0.1, -0.05) is 17.7 Å². The Kier molecular flexibility index (Phi) is 3.95. The number of rotatable bonds is 3. The molecule has 1 heterocycles. The van der Waals surface area contributed by atoms with Crippen molar-refractivity contribution in [3.63, 3.8) is 0 Å². The largest absolute Gasteiger partial charge is 0.346 e. The second kappa shape index (κ2) is 5.65. The van der Waals surface area contributed by atoms with E-state index in [1.54, 1.807) is 12.4 Å². The highest BCUT2D eigenvalue weighted by molar-refractivity contribution is 5.95. The number of carbonyl (C=O) groups is 1. The summed E-state index contributed by atoms with van der Waals surface area (Å²) in [5, 5.41) is 3.01. The first-order valence-electron chi connectivity index (χ1n) is 6.36. The lowest BCUT2D eigenvalue weighted by Gasteiger charge is -2.15. The number of nitrogens with zero attached hydrogens (tertiary/aromatic N) is 1. The Balaban J connectivity index is 2.13. The van der Waals surface area contributed by atoms with Crippen LogP contribution in [-0.2, 0) is 0 Å². The van der Waals surface area contributed by atoms with E-state index in [2.05, 4.69) is 10.3 Å². The summed E-state index contributed by atoms with van der Waals surface area (Å²) in [7, 11) is 0. The number of carbonyl (C=O) groups excluding carboxylic acids is 1. The zero-order valence-electron chi connectivity index (χ0n) is 11.5. The molecule has 0 fully saturated rings. The minimum Gasteiger partial charge on any atom is -0.346 e. The Morgan fingerprint density at radius 2 is 1.84 bits per heavy atom. The summed E-state index contributed by atoms with van der Waals surface area (Å²) in [6, 6.07) is 9.64. The van der Waals surface area contributed by atoms with Crippen LogP contribution in [0.25, 0.3) is 0 Å². The molecule has 0 aliphatic heterocycles. The summed E-state index contributed by atoms with van der Waals surface area (Å²) in [6.07, 6.45) is 3.46. The summed E-state index contributed by atoms with van der Waals surface area (Å²) in [6.45, 7) is 5.95. The van der Waals surface area contributed by atoms with Gasteiger partial charge in [-0.15, -0.1) is 0 Å². The molecule has 2 aromatic rings. The maximum absolute atomic E-state index is 12.2. The summed E-state index contributed by atoms with van der Waals surface area (Å²) < 4.78 is 0. The molecule has 19 heavy (non-hydrogen) atoms. The molecule has 1 unspecified atom stereocenters. The maximum Gasteiger partial charge on any atom is 0.252 e. The van der Waals surface area contributed by atoms with Gasteiger partial charge >= 0.3 is 0 Å². The van der Waals surface area contributed by atoms with E-state index in [1.807, 2.05) is 51.1 Å². The van der Waals surface area contributed by atoms with Crippen molar-refractivity contribution in [3.05, 3.63) is 65.0 Å². The molecular weight excluding hydrogens is 236 g/mol. The van der Waals surface area contributed by atoms with Crippen molar-refractivity contribution in [3.8, 4) is 0 Å². The smallest absolute Gasteiger partial charge is 0.252 e.